The Bertz CT molecular complexity index is 251. The summed E-state index contributed by atoms with van der Waals surface area (Å²) in [5, 5.41) is 0. The molecule has 100 valence electrons. The second-order valence-electron chi connectivity index (χ2n) is 6.54. The summed E-state index contributed by atoms with van der Waals surface area (Å²) in [5.74, 6) is 1.74. The van der Waals surface area contributed by atoms with E-state index < -0.39 is 0 Å². The van der Waals surface area contributed by atoms with Crippen molar-refractivity contribution in [3.8, 4) is 0 Å². The number of allylic oxidation sites excluding steroid dienone is 2. The lowest BCUT2D eigenvalue weighted by Gasteiger charge is -2.22. The van der Waals surface area contributed by atoms with Crippen LogP contribution in [0.15, 0.2) is 11.6 Å². The number of rotatable bonds is 6. The zero-order chi connectivity index (χ0) is 12.9. The van der Waals surface area contributed by atoms with Crippen molar-refractivity contribution in [2.45, 2.75) is 79.6 Å². The van der Waals surface area contributed by atoms with Crippen LogP contribution in [0.25, 0.3) is 0 Å². The SMILES string of the molecule is CCC(=CC(C)CC)CC1CCC(C)(CC)C1. The fourth-order valence-corrected chi connectivity index (χ4v) is 3.17. The molecule has 0 amide bonds. The highest BCUT2D eigenvalue weighted by molar-refractivity contribution is 5.05. The molecule has 0 aromatic heterocycles. The predicted molar refractivity (Wildman–Crippen MR) is 78.2 cm³/mol. The Morgan fingerprint density at radius 3 is 2.53 bits per heavy atom. The summed E-state index contributed by atoms with van der Waals surface area (Å²) in [6.07, 6.45) is 12.2. The molecule has 0 nitrogen and oxygen atoms in total. The maximum atomic E-state index is 2.54. The molecule has 1 fully saturated rings. The first-order valence-electron chi connectivity index (χ1n) is 7.72. The van der Waals surface area contributed by atoms with Crippen molar-refractivity contribution in [2.75, 3.05) is 0 Å². The Labute approximate surface area is 109 Å². The van der Waals surface area contributed by atoms with Crippen LogP contribution < -0.4 is 0 Å². The largest absolute Gasteiger partial charge is 0.0825 e. The van der Waals surface area contributed by atoms with Crippen molar-refractivity contribution >= 4 is 0 Å². The van der Waals surface area contributed by atoms with Crippen molar-refractivity contribution in [1.82, 2.24) is 0 Å². The average Bonchev–Trinajstić information content (AvgIpc) is 2.70. The molecule has 0 N–H and O–H groups in total. The Morgan fingerprint density at radius 2 is 2.06 bits per heavy atom. The van der Waals surface area contributed by atoms with Gasteiger partial charge in [0.25, 0.3) is 0 Å². The normalized spacial score (nSPS) is 31.8. The smallest absolute Gasteiger partial charge is 0.0262 e. The third-order valence-electron chi connectivity index (χ3n) is 4.96. The van der Waals surface area contributed by atoms with Gasteiger partial charge in [0.1, 0.15) is 0 Å². The van der Waals surface area contributed by atoms with Crippen LogP contribution >= 0.6 is 0 Å². The van der Waals surface area contributed by atoms with E-state index in [4.69, 9.17) is 0 Å². The molecule has 3 atom stereocenters. The second-order valence-corrected chi connectivity index (χ2v) is 6.54. The molecule has 0 radical (unpaired) electrons. The maximum absolute atomic E-state index is 2.54. The summed E-state index contributed by atoms with van der Waals surface area (Å²) in [6, 6.07) is 0. The minimum Gasteiger partial charge on any atom is -0.0825 e. The van der Waals surface area contributed by atoms with Gasteiger partial charge in [-0.1, -0.05) is 59.1 Å². The lowest BCUT2D eigenvalue weighted by atomic mass is 9.84. The molecule has 1 aliphatic rings. The van der Waals surface area contributed by atoms with Crippen molar-refractivity contribution in [2.24, 2.45) is 17.3 Å². The fourth-order valence-electron chi connectivity index (χ4n) is 3.17. The van der Waals surface area contributed by atoms with Crippen LogP contribution in [0.3, 0.4) is 0 Å². The van der Waals surface area contributed by atoms with Gasteiger partial charge in [-0.15, -0.1) is 0 Å². The molecule has 1 aliphatic carbocycles. The molecule has 1 saturated carbocycles. The Hall–Kier alpha value is -0.260. The van der Waals surface area contributed by atoms with Crippen LogP contribution in [0.4, 0.5) is 0 Å². The van der Waals surface area contributed by atoms with Gasteiger partial charge in [-0.25, -0.2) is 0 Å². The van der Waals surface area contributed by atoms with Crippen LogP contribution in [-0.4, -0.2) is 0 Å². The van der Waals surface area contributed by atoms with Crippen LogP contribution in [0.1, 0.15) is 79.6 Å². The summed E-state index contributed by atoms with van der Waals surface area (Å²) in [6.45, 7) is 11.8. The molecule has 0 saturated heterocycles. The summed E-state index contributed by atoms with van der Waals surface area (Å²) < 4.78 is 0. The molecule has 0 heterocycles. The van der Waals surface area contributed by atoms with Gasteiger partial charge in [-0.2, -0.15) is 0 Å². The van der Waals surface area contributed by atoms with Crippen molar-refractivity contribution in [3.63, 3.8) is 0 Å². The molecule has 0 spiro atoms. The lowest BCUT2D eigenvalue weighted by Crippen LogP contribution is -2.10. The molecule has 0 bridgehead atoms. The molecular formula is C17H32. The average molecular weight is 236 g/mol. The second kappa shape index (κ2) is 6.61. The summed E-state index contributed by atoms with van der Waals surface area (Å²) in [7, 11) is 0. The third kappa shape index (κ3) is 4.48. The monoisotopic (exact) mass is 236 g/mol. The van der Waals surface area contributed by atoms with Crippen LogP contribution in [0.2, 0.25) is 0 Å². The van der Waals surface area contributed by atoms with Gasteiger partial charge >= 0.3 is 0 Å². The molecule has 0 aliphatic heterocycles. The first-order valence-corrected chi connectivity index (χ1v) is 7.72. The van der Waals surface area contributed by atoms with Crippen molar-refractivity contribution in [3.05, 3.63) is 11.6 Å². The summed E-state index contributed by atoms with van der Waals surface area (Å²) >= 11 is 0. The third-order valence-corrected chi connectivity index (χ3v) is 4.96. The van der Waals surface area contributed by atoms with E-state index in [1.165, 1.54) is 44.9 Å². The van der Waals surface area contributed by atoms with E-state index in [0.717, 1.165) is 11.8 Å². The zero-order valence-electron chi connectivity index (χ0n) is 12.7. The highest BCUT2D eigenvalue weighted by Gasteiger charge is 2.33. The van der Waals surface area contributed by atoms with E-state index in [2.05, 4.69) is 40.7 Å². The van der Waals surface area contributed by atoms with Gasteiger partial charge in [0.15, 0.2) is 0 Å². The standard InChI is InChI=1S/C17H32/c1-6-14(4)11-15(7-2)12-16-9-10-17(5,8-3)13-16/h11,14,16H,6-10,12-13H2,1-5H3. The van der Waals surface area contributed by atoms with Gasteiger partial charge in [0, 0.05) is 0 Å². The molecule has 0 aromatic carbocycles. The lowest BCUT2D eigenvalue weighted by molar-refractivity contribution is 0.307. The van der Waals surface area contributed by atoms with Gasteiger partial charge in [-0.05, 0) is 49.4 Å². The van der Waals surface area contributed by atoms with Crippen LogP contribution in [-0.2, 0) is 0 Å². The topological polar surface area (TPSA) is 0 Å². The highest BCUT2D eigenvalue weighted by atomic mass is 14.4. The van der Waals surface area contributed by atoms with Gasteiger partial charge in [0.05, 0.1) is 0 Å². The molecular weight excluding hydrogens is 204 g/mol. The molecule has 0 heteroatoms. The highest BCUT2D eigenvalue weighted by Crippen LogP contribution is 2.46. The molecule has 0 aromatic rings. The van der Waals surface area contributed by atoms with E-state index >= 15 is 0 Å². The fraction of sp³-hybridized carbons (Fsp3) is 0.882. The van der Waals surface area contributed by atoms with E-state index in [-0.39, 0.29) is 0 Å². The maximum Gasteiger partial charge on any atom is -0.0262 e. The van der Waals surface area contributed by atoms with Crippen molar-refractivity contribution < 1.29 is 0 Å². The Kier molecular flexibility index (Phi) is 5.76. The molecule has 1 rings (SSSR count). The number of hydrogen-bond acceptors (Lipinski definition) is 0. The number of hydrogen-bond donors (Lipinski definition) is 0. The van der Waals surface area contributed by atoms with Gasteiger partial charge in [-0.3, -0.25) is 0 Å². The van der Waals surface area contributed by atoms with E-state index in [1.807, 2.05) is 0 Å². The van der Waals surface area contributed by atoms with Crippen molar-refractivity contribution in [1.29, 1.82) is 0 Å². The Morgan fingerprint density at radius 1 is 1.35 bits per heavy atom. The predicted octanol–water partition coefficient (Wildman–Crippen LogP) is 5.98. The first-order chi connectivity index (χ1) is 8.03. The van der Waals surface area contributed by atoms with Gasteiger partial charge in [0.2, 0.25) is 0 Å². The molecule has 17 heavy (non-hydrogen) atoms. The van der Waals surface area contributed by atoms with E-state index in [9.17, 15) is 0 Å². The minimum absolute atomic E-state index is 0.653. The quantitative estimate of drug-likeness (QED) is 0.498. The Balaban J connectivity index is 2.51. The van der Waals surface area contributed by atoms with E-state index in [0.29, 0.717) is 5.41 Å². The van der Waals surface area contributed by atoms with Gasteiger partial charge < -0.3 is 0 Å². The van der Waals surface area contributed by atoms with Crippen LogP contribution in [0.5, 0.6) is 0 Å². The minimum atomic E-state index is 0.653. The molecule has 3 unspecified atom stereocenters. The first kappa shape index (κ1) is 14.8. The zero-order valence-corrected chi connectivity index (χ0v) is 12.7. The van der Waals surface area contributed by atoms with E-state index in [1.54, 1.807) is 5.57 Å². The summed E-state index contributed by atoms with van der Waals surface area (Å²) in [5.41, 5.74) is 2.37. The summed E-state index contributed by atoms with van der Waals surface area (Å²) in [4.78, 5) is 0. The van der Waals surface area contributed by atoms with Crippen LogP contribution in [0, 0.1) is 17.3 Å².